The summed E-state index contributed by atoms with van der Waals surface area (Å²) in [5.74, 6) is 1.70. The third-order valence-electron chi connectivity index (χ3n) is 4.04. The van der Waals surface area contributed by atoms with Crippen molar-refractivity contribution in [3.8, 4) is 0 Å². The number of aryl methyl sites for hydroxylation is 1. The quantitative estimate of drug-likeness (QED) is 0.327. The van der Waals surface area contributed by atoms with E-state index in [1.807, 2.05) is 23.6 Å². The van der Waals surface area contributed by atoms with E-state index in [9.17, 15) is 0 Å². The number of aliphatic imine (C=N–C) groups is 1. The molecular formula is C19H28Cl2N6O. The van der Waals surface area contributed by atoms with Gasteiger partial charge in [-0.2, -0.15) is 0 Å². The minimum Gasteiger partial charge on any atom is -0.382 e. The van der Waals surface area contributed by atoms with Gasteiger partial charge in [0.05, 0.1) is 6.54 Å². The van der Waals surface area contributed by atoms with Gasteiger partial charge in [-0.1, -0.05) is 36.2 Å². The van der Waals surface area contributed by atoms with E-state index < -0.39 is 0 Å². The van der Waals surface area contributed by atoms with Gasteiger partial charge in [-0.15, -0.1) is 10.2 Å². The summed E-state index contributed by atoms with van der Waals surface area (Å²) in [6.07, 6.45) is 3.51. The summed E-state index contributed by atoms with van der Waals surface area (Å²) in [4.78, 5) is 4.65. The molecule has 2 rings (SSSR count). The Morgan fingerprint density at radius 1 is 1.21 bits per heavy atom. The van der Waals surface area contributed by atoms with Gasteiger partial charge >= 0.3 is 0 Å². The SMILES string of the molecule is CCOCCCNC(=NCc1ccc(Cl)cc1Cl)NCCn1cnnc1CC. The Morgan fingerprint density at radius 2 is 2.04 bits per heavy atom. The summed E-state index contributed by atoms with van der Waals surface area (Å²) >= 11 is 12.2. The summed E-state index contributed by atoms with van der Waals surface area (Å²) in [5, 5.41) is 16.0. The second-order valence-corrected chi connectivity index (χ2v) is 6.94. The van der Waals surface area contributed by atoms with Crippen molar-refractivity contribution in [2.45, 2.75) is 39.8 Å². The number of nitrogens with one attached hydrogen (secondary N) is 2. The Bertz CT molecular complexity index is 750. The number of halogens is 2. The van der Waals surface area contributed by atoms with Crippen molar-refractivity contribution in [3.05, 3.63) is 46.0 Å². The zero-order valence-electron chi connectivity index (χ0n) is 16.4. The first-order chi connectivity index (χ1) is 13.6. The van der Waals surface area contributed by atoms with E-state index in [4.69, 9.17) is 27.9 Å². The number of ether oxygens (including phenoxy) is 1. The van der Waals surface area contributed by atoms with Gasteiger partial charge in [-0.3, -0.25) is 0 Å². The first-order valence-corrected chi connectivity index (χ1v) is 10.3. The minimum atomic E-state index is 0.462. The van der Waals surface area contributed by atoms with Crippen LogP contribution in [0.4, 0.5) is 0 Å². The van der Waals surface area contributed by atoms with Crippen molar-refractivity contribution in [3.63, 3.8) is 0 Å². The highest BCUT2D eigenvalue weighted by atomic mass is 35.5. The molecule has 7 nitrogen and oxygen atoms in total. The first-order valence-electron chi connectivity index (χ1n) is 9.54. The van der Waals surface area contributed by atoms with Gasteiger partial charge in [0.15, 0.2) is 5.96 Å². The van der Waals surface area contributed by atoms with Gasteiger partial charge in [0.25, 0.3) is 0 Å². The Kier molecular flexibility index (Phi) is 10.1. The van der Waals surface area contributed by atoms with Gasteiger partial charge in [-0.25, -0.2) is 4.99 Å². The van der Waals surface area contributed by atoms with Crippen LogP contribution in [0.15, 0.2) is 29.5 Å². The lowest BCUT2D eigenvalue weighted by Gasteiger charge is -2.14. The molecule has 0 spiro atoms. The van der Waals surface area contributed by atoms with Crippen LogP contribution in [-0.2, 0) is 24.2 Å². The van der Waals surface area contributed by atoms with E-state index in [1.165, 1.54) is 0 Å². The van der Waals surface area contributed by atoms with E-state index in [0.717, 1.165) is 56.5 Å². The smallest absolute Gasteiger partial charge is 0.191 e. The lowest BCUT2D eigenvalue weighted by atomic mass is 10.2. The zero-order valence-corrected chi connectivity index (χ0v) is 17.9. The van der Waals surface area contributed by atoms with Crippen LogP contribution in [0.25, 0.3) is 0 Å². The molecule has 0 saturated carbocycles. The highest BCUT2D eigenvalue weighted by molar-refractivity contribution is 6.35. The monoisotopic (exact) mass is 426 g/mol. The number of benzene rings is 1. The molecule has 1 heterocycles. The van der Waals surface area contributed by atoms with E-state index in [1.54, 1.807) is 12.4 Å². The highest BCUT2D eigenvalue weighted by Gasteiger charge is 2.05. The fourth-order valence-corrected chi connectivity index (χ4v) is 3.02. The Balaban J connectivity index is 1.92. The zero-order chi connectivity index (χ0) is 20.2. The molecule has 0 unspecified atom stereocenters. The molecule has 0 aliphatic heterocycles. The summed E-state index contributed by atoms with van der Waals surface area (Å²) in [7, 11) is 0. The van der Waals surface area contributed by atoms with Crippen molar-refractivity contribution in [2.24, 2.45) is 4.99 Å². The minimum absolute atomic E-state index is 0.462. The summed E-state index contributed by atoms with van der Waals surface area (Å²) < 4.78 is 7.42. The van der Waals surface area contributed by atoms with Crippen LogP contribution in [0.3, 0.4) is 0 Å². The predicted octanol–water partition coefficient (Wildman–Crippen LogP) is 3.31. The van der Waals surface area contributed by atoms with Crippen molar-refractivity contribution in [1.29, 1.82) is 0 Å². The molecule has 0 aliphatic rings. The first kappa shape index (κ1) is 22.5. The standard InChI is InChI=1S/C19H28Cl2N6O/c1-3-18-26-25-14-27(18)10-9-23-19(22-8-5-11-28-4-2)24-13-15-6-7-16(20)12-17(15)21/h6-7,12,14H,3-5,8-11,13H2,1-2H3,(H2,22,23,24). The van der Waals surface area contributed by atoms with Crippen molar-refractivity contribution < 1.29 is 4.74 Å². The number of hydrogen-bond acceptors (Lipinski definition) is 4. The molecule has 1 aromatic heterocycles. The molecule has 0 radical (unpaired) electrons. The van der Waals surface area contributed by atoms with Crippen LogP contribution < -0.4 is 10.6 Å². The summed E-state index contributed by atoms with van der Waals surface area (Å²) in [6.45, 7) is 8.21. The normalized spacial score (nSPS) is 11.6. The van der Waals surface area contributed by atoms with E-state index in [0.29, 0.717) is 23.1 Å². The molecule has 0 saturated heterocycles. The van der Waals surface area contributed by atoms with Crippen LogP contribution in [-0.4, -0.2) is 47.0 Å². The summed E-state index contributed by atoms with van der Waals surface area (Å²) in [5.41, 5.74) is 0.925. The average Bonchev–Trinajstić information content (AvgIpc) is 3.14. The second kappa shape index (κ2) is 12.6. The molecule has 2 N–H and O–H groups in total. The van der Waals surface area contributed by atoms with Crippen molar-refractivity contribution in [2.75, 3.05) is 26.3 Å². The average molecular weight is 427 g/mol. The fraction of sp³-hybridized carbons (Fsp3) is 0.526. The number of guanidine groups is 1. The largest absolute Gasteiger partial charge is 0.382 e. The number of rotatable bonds is 11. The number of hydrogen-bond donors (Lipinski definition) is 2. The van der Waals surface area contributed by atoms with E-state index in [-0.39, 0.29) is 0 Å². The van der Waals surface area contributed by atoms with Crippen molar-refractivity contribution in [1.82, 2.24) is 25.4 Å². The van der Waals surface area contributed by atoms with Crippen LogP contribution in [0.5, 0.6) is 0 Å². The fourth-order valence-electron chi connectivity index (χ4n) is 2.55. The molecule has 0 amide bonds. The maximum atomic E-state index is 6.25. The Hall–Kier alpha value is -1.83. The molecule has 2 aromatic rings. The van der Waals surface area contributed by atoms with Crippen LogP contribution in [0.2, 0.25) is 10.0 Å². The van der Waals surface area contributed by atoms with Gasteiger partial charge in [-0.05, 0) is 31.0 Å². The molecule has 0 aliphatic carbocycles. The molecule has 154 valence electrons. The molecule has 0 fully saturated rings. The van der Waals surface area contributed by atoms with Gasteiger partial charge in [0.2, 0.25) is 0 Å². The number of nitrogens with zero attached hydrogens (tertiary/aromatic N) is 4. The van der Waals surface area contributed by atoms with Gasteiger partial charge in [0.1, 0.15) is 12.2 Å². The van der Waals surface area contributed by atoms with Crippen molar-refractivity contribution >= 4 is 29.2 Å². The lowest BCUT2D eigenvalue weighted by molar-refractivity contribution is 0.145. The molecular weight excluding hydrogens is 399 g/mol. The molecule has 1 aromatic carbocycles. The molecule has 0 bridgehead atoms. The van der Waals surface area contributed by atoms with Gasteiger partial charge in [0, 0.05) is 49.3 Å². The third-order valence-corrected chi connectivity index (χ3v) is 4.63. The van der Waals surface area contributed by atoms with E-state index in [2.05, 4.69) is 32.7 Å². The highest BCUT2D eigenvalue weighted by Crippen LogP contribution is 2.21. The lowest BCUT2D eigenvalue weighted by Crippen LogP contribution is -2.39. The Labute approximate surface area is 176 Å². The molecule has 9 heteroatoms. The maximum Gasteiger partial charge on any atom is 0.191 e. The maximum absolute atomic E-state index is 6.25. The van der Waals surface area contributed by atoms with Gasteiger partial charge < -0.3 is 19.9 Å². The molecule has 28 heavy (non-hydrogen) atoms. The van der Waals surface area contributed by atoms with Crippen LogP contribution in [0, 0.1) is 0 Å². The second-order valence-electron chi connectivity index (χ2n) is 6.10. The predicted molar refractivity (Wildman–Crippen MR) is 114 cm³/mol. The van der Waals surface area contributed by atoms with Crippen LogP contribution >= 0.6 is 23.2 Å². The third kappa shape index (κ3) is 7.66. The molecule has 0 atom stereocenters. The van der Waals surface area contributed by atoms with E-state index >= 15 is 0 Å². The summed E-state index contributed by atoms with van der Waals surface area (Å²) in [6, 6.07) is 5.44. The topological polar surface area (TPSA) is 76.4 Å². The Morgan fingerprint density at radius 3 is 2.79 bits per heavy atom. The van der Waals surface area contributed by atoms with Crippen LogP contribution in [0.1, 0.15) is 31.7 Å². The number of aromatic nitrogens is 3.